The molecule has 0 aliphatic carbocycles. The minimum Gasteiger partial charge on any atom is -0.407 e. The summed E-state index contributed by atoms with van der Waals surface area (Å²) in [6.45, 7) is 12.8. The topological polar surface area (TPSA) is 92.3 Å². The molecule has 0 radical (unpaired) electrons. The normalized spacial score (nSPS) is 38.6. The van der Waals surface area contributed by atoms with Crippen LogP contribution in [0.1, 0.15) is 38.2 Å². The Hall–Kier alpha value is -1.74. The lowest BCUT2D eigenvalue weighted by atomic mass is 9.96. The Bertz CT molecular complexity index is 1210. The van der Waals surface area contributed by atoms with Gasteiger partial charge in [-0.3, -0.25) is 0 Å². The number of rotatable bonds is 9. The van der Waals surface area contributed by atoms with Gasteiger partial charge in [0.25, 0.3) is 0 Å². The van der Waals surface area contributed by atoms with Gasteiger partial charge in [0.1, 0.15) is 42.7 Å². The van der Waals surface area contributed by atoms with E-state index < -0.39 is 75.7 Å². The average Bonchev–Trinajstić information content (AvgIpc) is 3.33. The first-order valence-corrected chi connectivity index (χ1v) is 18.9. The zero-order chi connectivity index (χ0) is 31.1. The fourth-order valence-electron chi connectivity index (χ4n) is 6.37. The van der Waals surface area contributed by atoms with Gasteiger partial charge in [-0.25, -0.2) is 0 Å². The zero-order valence-corrected chi connectivity index (χ0v) is 27.6. The van der Waals surface area contributed by atoms with Crippen molar-refractivity contribution in [1.29, 1.82) is 0 Å². The number of fused-ring (bicyclic) bond motifs is 2. The number of ether oxygens (including phenoxy) is 9. The highest BCUT2D eigenvalue weighted by atomic mass is 28.4. The number of benzene rings is 2. The molecule has 0 amide bonds. The zero-order valence-electron chi connectivity index (χ0n) is 26.6. The summed E-state index contributed by atoms with van der Waals surface area (Å²) in [5, 5.41) is 0. The molecule has 11 heteroatoms. The highest BCUT2D eigenvalue weighted by Gasteiger charge is 2.58. The molecular formula is C33H46O10Si. The van der Waals surface area contributed by atoms with Gasteiger partial charge in [0.2, 0.25) is 0 Å². The molecule has 0 N–H and O–H groups in total. The first kappa shape index (κ1) is 32.2. The molecule has 4 fully saturated rings. The Morgan fingerprint density at radius 1 is 0.795 bits per heavy atom. The van der Waals surface area contributed by atoms with Crippen LogP contribution < -0.4 is 0 Å². The van der Waals surface area contributed by atoms with Crippen molar-refractivity contribution in [3.63, 3.8) is 0 Å². The maximum atomic E-state index is 6.86. The molecule has 4 saturated heterocycles. The third kappa shape index (κ3) is 7.13. The van der Waals surface area contributed by atoms with Crippen LogP contribution in [0, 0.1) is 0 Å². The Morgan fingerprint density at radius 3 is 2.16 bits per heavy atom. The summed E-state index contributed by atoms with van der Waals surface area (Å²) in [6.07, 6.45) is -5.80. The lowest BCUT2D eigenvalue weighted by Gasteiger charge is -2.51. The average molecular weight is 631 g/mol. The highest BCUT2D eigenvalue weighted by Crippen LogP contribution is 2.42. The minimum absolute atomic E-state index is 0.302. The molecule has 0 aromatic heterocycles. The standard InChI is InChI=1S/C33H46O10Si/c1-20-24(27-28(31(34-4)37-20)42-33(2,3)41-27)39-32-29(43-44(5,6)7)26(35-18-21-14-10-8-11-15-21)25-23(38-32)19-36-30(40-25)22-16-12-9-13-17-22/h8-17,20,23-32H,18-19H2,1-7H3/t20-,23+,24-,25+,26-,27+,28+,29-,30+,31+,32+/m0/s1. The van der Waals surface area contributed by atoms with E-state index in [1.54, 1.807) is 7.11 Å². The summed E-state index contributed by atoms with van der Waals surface area (Å²) in [5.41, 5.74) is 1.98. The van der Waals surface area contributed by atoms with Gasteiger partial charge in [0.15, 0.2) is 33.0 Å². The van der Waals surface area contributed by atoms with Gasteiger partial charge in [0.05, 0.1) is 19.3 Å². The monoisotopic (exact) mass is 630 g/mol. The lowest BCUT2D eigenvalue weighted by molar-refractivity contribution is -0.381. The summed E-state index contributed by atoms with van der Waals surface area (Å²) in [4.78, 5) is 0. The van der Waals surface area contributed by atoms with Crippen molar-refractivity contribution < 1.29 is 47.1 Å². The van der Waals surface area contributed by atoms with Crippen molar-refractivity contribution in [3.8, 4) is 0 Å². The Labute approximate surface area is 261 Å². The van der Waals surface area contributed by atoms with Gasteiger partial charge in [0, 0.05) is 12.7 Å². The smallest absolute Gasteiger partial charge is 0.186 e. The van der Waals surface area contributed by atoms with Gasteiger partial charge in [-0.05, 0) is 46.0 Å². The predicted octanol–water partition coefficient (Wildman–Crippen LogP) is 4.93. The Kier molecular flexibility index (Phi) is 9.64. The van der Waals surface area contributed by atoms with Crippen molar-refractivity contribution in [1.82, 2.24) is 0 Å². The quantitative estimate of drug-likeness (QED) is 0.356. The third-order valence-corrected chi connectivity index (χ3v) is 9.20. The molecule has 44 heavy (non-hydrogen) atoms. The number of methoxy groups -OCH3 is 1. The maximum absolute atomic E-state index is 6.86. The molecule has 0 spiro atoms. The molecule has 10 nitrogen and oxygen atoms in total. The van der Waals surface area contributed by atoms with Gasteiger partial charge in [-0.2, -0.15) is 0 Å². The predicted molar refractivity (Wildman–Crippen MR) is 162 cm³/mol. The van der Waals surface area contributed by atoms with Gasteiger partial charge < -0.3 is 47.1 Å². The van der Waals surface area contributed by atoms with Crippen LogP contribution in [0.3, 0.4) is 0 Å². The van der Waals surface area contributed by atoms with Gasteiger partial charge in [-0.1, -0.05) is 60.7 Å². The maximum Gasteiger partial charge on any atom is 0.186 e. The Balaban J connectivity index is 1.31. The molecule has 4 heterocycles. The van der Waals surface area contributed by atoms with E-state index in [9.17, 15) is 0 Å². The van der Waals surface area contributed by atoms with Crippen molar-refractivity contribution in [2.75, 3.05) is 13.7 Å². The van der Waals surface area contributed by atoms with Crippen LogP contribution in [0.2, 0.25) is 19.6 Å². The summed E-state index contributed by atoms with van der Waals surface area (Å²) in [5.74, 6) is -0.827. The molecule has 6 rings (SSSR count). The van der Waals surface area contributed by atoms with Crippen LogP contribution in [-0.2, 0) is 53.7 Å². The van der Waals surface area contributed by atoms with E-state index in [2.05, 4.69) is 19.6 Å². The van der Waals surface area contributed by atoms with E-state index in [0.29, 0.717) is 13.2 Å². The Morgan fingerprint density at radius 2 is 1.48 bits per heavy atom. The third-order valence-electron chi connectivity index (χ3n) is 8.22. The molecule has 4 aliphatic heterocycles. The van der Waals surface area contributed by atoms with Crippen LogP contribution in [0.15, 0.2) is 60.7 Å². The second-order valence-electron chi connectivity index (χ2n) is 13.3. The largest absolute Gasteiger partial charge is 0.407 e. The van der Waals surface area contributed by atoms with E-state index in [0.717, 1.165) is 11.1 Å². The second kappa shape index (κ2) is 13.2. The minimum atomic E-state index is -2.16. The van der Waals surface area contributed by atoms with Gasteiger partial charge >= 0.3 is 0 Å². The van der Waals surface area contributed by atoms with Gasteiger partial charge in [-0.15, -0.1) is 0 Å². The lowest BCUT2D eigenvalue weighted by Crippen LogP contribution is -2.67. The molecule has 0 bridgehead atoms. The van der Waals surface area contributed by atoms with Crippen molar-refractivity contribution in [2.24, 2.45) is 0 Å². The first-order valence-electron chi connectivity index (χ1n) is 15.5. The van der Waals surface area contributed by atoms with E-state index in [1.165, 1.54) is 0 Å². The molecular weight excluding hydrogens is 584 g/mol. The van der Waals surface area contributed by atoms with Crippen LogP contribution in [-0.4, -0.2) is 89.2 Å². The van der Waals surface area contributed by atoms with E-state index in [1.807, 2.05) is 81.4 Å². The fraction of sp³-hybridized carbons (Fsp3) is 0.636. The van der Waals surface area contributed by atoms with Crippen molar-refractivity contribution in [2.45, 2.75) is 121 Å². The van der Waals surface area contributed by atoms with Crippen LogP contribution in [0.25, 0.3) is 0 Å². The molecule has 2 aromatic rings. The van der Waals surface area contributed by atoms with Crippen molar-refractivity contribution >= 4 is 8.32 Å². The molecule has 0 unspecified atom stereocenters. The number of hydrogen-bond donors (Lipinski definition) is 0. The van der Waals surface area contributed by atoms with Crippen LogP contribution in [0.4, 0.5) is 0 Å². The summed E-state index contributed by atoms with van der Waals surface area (Å²) in [6, 6.07) is 20.0. The van der Waals surface area contributed by atoms with Crippen LogP contribution in [0.5, 0.6) is 0 Å². The van der Waals surface area contributed by atoms with Crippen molar-refractivity contribution in [3.05, 3.63) is 71.8 Å². The van der Waals surface area contributed by atoms with E-state index >= 15 is 0 Å². The van der Waals surface area contributed by atoms with E-state index in [-0.39, 0.29) is 6.10 Å². The molecule has 4 aliphatic rings. The number of hydrogen-bond acceptors (Lipinski definition) is 10. The SMILES string of the molecule is CO[C@@H]1O[C@@H](C)[C@H](O[C@H]2O[C@@H]3CO[C@@H](c4ccccc4)O[C@H]3[C@H](OCc3ccccc3)[C@@H]2O[Si](C)(C)C)[C@H]2OC(C)(C)O[C@@H]12. The fourth-order valence-corrected chi connectivity index (χ4v) is 7.44. The molecule has 2 aromatic carbocycles. The van der Waals surface area contributed by atoms with Crippen LogP contribution >= 0.6 is 0 Å². The summed E-state index contributed by atoms with van der Waals surface area (Å²) >= 11 is 0. The molecule has 242 valence electrons. The summed E-state index contributed by atoms with van der Waals surface area (Å²) in [7, 11) is -0.553. The molecule has 0 saturated carbocycles. The molecule has 11 atom stereocenters. The second-order valence-corrected chi connectivity index (χ2v) is 17.7. The van der Waals surface area contributed by atoms with E-state index in [4.69, 9.17) is 47.1 Å². The first-order chi connectivity index (χ1) is 21.0. The summed E-state index contributed by atoms with van der Waals surface area (Å²) < 4.78 is 64.3. The highest BCUT2D eigenvalue weighted by molar-refractivity contribution is 6.69.